The van der Waals surface area contributed by atoms with Gasteiger partial charge in [0, 0.05) is 47.0 Å². The van der Waals surface area contributed by atoms with Gasteiger partial charge in [0.2, 0.25) is 5.88 Å². The highest BCUT2D eigenvalue weighted by atomic mass is 16.9. The Hall–Kier alpha value is -3.79. The topological polar surface area (TPSA) is 140 Å². The first-order chi connectivity index (χ1) is 15.8. The number of nitrogens with one attached hydrogen (secondary N) is 1. The Morgan fingerprint density at radius 2 is 2.09 bits per heavy atom. The third-order valence-corrected chi connectivity index (χ3v) is 6.11. The Morgan fingerprint density at radius 3 is 2.76 bits per heavy atom. The molecule has 2 aliphatic rings. The number of aliphatic imine (C=N–C) groups is 1. The van der Waals surface area contributed by atoms with Crippen molar-refractivity contribution in [2.75, 3.05) is 20.3 Å². The molecule has 172 valence electrons. The van der Waals surface area contributed by atoms with Gasteiger partial charge >= 0.3 is 0 Å². The molecule has 2 unspecified atom stereocenters. The van der Waals surface area contributed by atoms with Gasteiger partial charge in [-0.3, -0.25) is 9.79 Å². The number of fused-ring (bicyclic) bond motifs is 3. The molecule has 0 radical (unpaired) electrons. The number of ether oxygens (including phenoxy) is 2. The van der Waals surface area contributed by atoms with Crippen LogP contribution >= 0.6 is 0 Å². The average molecular weight is 452 g/mol. The van der Waals surface area contributed by atoms with E-state index in [1.54, 1.807) is 13.3 Å². The largest absolute Gasteiger partial charge is 0.481 e. The third kappa shape index (κ3) is 4.17. The van der Waals surface area contributed by atoms with E-state index in [2.05, 4.69) is 27.1 Å². The number of benzene rings is 1. The minimum Gasteiger partial charge on any atom is -0.481 e. The number of H-pyrrole nitrogens is 1. The monoisotopic (exact) mass is 452 g/mol. The molecule has 1 saturated heterocycles. The van der Waals surface area contributed by atoms with Crippen molar-refractivity contribution >= 4 is 17.1 Å². The van der Waals surface area contributed by atoms with Crippen LogP contribution in [0, 0.1) is 29.9 Å². The number of aryl methyl sites for hydroxylation is 1. The fourth-order valence-electron chi connectivity index (χ4n) is 4.70. The summed E-state index contributed by atoms with van der Waals surface area (Å²) in [6, 6.07) is 6.25. The second-order valence-corrected chi connectivity index (χ2v) is 8.08. The molecule has 3 aromatic rings. The molecule has 2 atom stereocenters. The van der Waals surface area contributed by atoms with Crippen LogP contribution in [0.2, 0.25) is 0 Å². The first-order valence-corrected chi connectivity index (χ1v) is 10.5. The molecule has 10 nitrogen and oxygen atoms in total. The number of rotatable bonds is 3. The molecule has 2 aromatic heterocycles. The van der Waals surface area contributed by atoms with Gasteiger partial charge in [0.1, 0.15) is 0 Å². The van der Waals surface area contributed by atoms with Crippen molar-refractivity contribution in [3.8, 4) is 17.0 Å². The van der Waals surface area contributed by atoms with Crippen LogP contribution in [0.25, 0.3) is 22.0 Å². The summed E-state index contributed by atoms with van der Waals surface area (Å²) in [5.74, 6) is 0.939. The highest BCUT2D eigenvalue weighted by Crippen LogP contribution is 2.40. The molecule has 0 spiro atoms. The van der Waals surface area contributed by atoms with E-state index in [4.69, 9.17) is 24.8 Å². The molecule has 2 aliphatic heterocycles. The molecule has 2 N–H and O–H groups in total. The van der Waals surface area contributed by atoms with E-state index in [0.717, 1.165) is 51.7 Å². The van der Waals surface area contributed by atoms with Crippen LogP contribution in [0.5, 0.6) is 5.88 Å². The molecule has 0 aliphatic carbocycles. The molecule has 4 heterocycles. The van der Waals surface area contributed by atoms with Gasteiger partial charge in [-0.15, -0.1) is 10.1 Å². The number of aromatic nitrogens is 2. The molecule has 0 saturated carbocycles. The molecule has 5 rings (SSSR count). The fraction of sp³-hybridized carbons (Fsp3) is 0.348. The van der Waals surface area contributed by atoms with Crippen LogP contribution in [-0.2, 0) is 4.74 Å². The minimum absolute atomic E-state index is 0.00681. The lowest BCUT2D eigenvalue weighted by molar-refractivity contribution is -0.742. The zero-order valence-electron chi connectivity index (χ0n) is 18.5. The van der Waals surface area contributed by atoms with Crippen molar-refractivity contribution in [1.29, 1.82) is 0 Å². The van der Waals surface area contributed by atoms with Crippen LogP contribution in [0.15, 0.2) is 34.2 Å². The van der Waals surface area contributed by atoms with Gasteiger partial charge in [-0.25, -0.2) is 4.98 Å². The summed E-state index contributed by atoms with van der Waals surface area (Å²) in [5.41, 5.74) is 6.62. The van der Waals surface area contributed by atoms with Crippen molar-refractivity contribution in [1.82, 2.24) is 9.97 Å². The third-order valence-electron chi connectivity index (χ3n) is 6.11. The summed E-state index contributed by atoms with van der Waals surface area (Å²) >= 11 is 0. The molecule has 10 heteroatoms. The summed E-state index contributed by atoms with van der Waals surface area (Å²) in [4.78, 5) is 33.2. The molecular weight excluding hydrogens is 428 g/mol. The predicted molar refractivity (Wildman–Crippen MR) is 122 cm³/mol. The molecular formula is C23H24N4O6. The second-order valence-electron chi connectivity index (χ2n) is 8.08. The summed E-state index contributed by atoms with van der Waals surface area (Å²) in [5, 5.41) is 14.7. The lowest BCUT2D eigenvalue weighted by Crippen LogP contribution is -2.16. The van der Waals surface area contributed by atoms with E-state index in [1.165, 1.54) is 0 Å². The SMILES string of the molecule is COc1ncc(C)c(-c2ccc3c4c(c(=O)[nH]c3c2)C=NC4C2CCOC2)c1C.O=[N+]([O-])O. The van der Waals surface area contributed by atoms with E-state index in [-0.39, 0.29) is 11.6 Å². The van der Waals surface area contributed by atoms with Gasteiger partial charge < -0.3 is 19.7 Å². The van der Waals surface area contributed by atoms with Crippen LogP contribution in [0.1, 0.15) is 34.7 Å². The van der Waals surface area contributed by atoms with E-state index < -0.39 is 5.09 Å². The van der Waals surface area contributed by atoms with Crippen LogP contribution in [0.3, 0.4) is 0 Å². The van der Waals surface area contributed by atoms with Crippen LogP contribution in [0.4, 0.5) is 0 Å². The number of methoxy groups -OCH3 is 1. The molecule has 0 amide bonds. The lowest BCUT2D eigenvalue weighted by Gasteiger charge is -2.18. The van der Waals surface area contributed by atoms with Gasteiger partial charge in [0.15, 0.2) is 0 Å². The summed E-state index contributed by atoms with van der Waals surface area (Å²) in [6.45, 7) is 5.50. The lowest BCUT2D eigenvalue weighted by atomic mass is 9.89. The summed E-state index contributed by atoms with van der Waals surface area (Å²) in [6.07, 6.45) is 4.52. The van der Waals surface area contributed by atoms with Gasteiger partial charge in [0.05, 0.1) is 25.3 Å². The van der Waals surface area contributed by atoms with Gasteiger partial charge in [-0.05, 0) is 43.0 Å². The Kier molecular flexibility index (Phi) is 6.10. The van der Waals surface area contributed by atoms with Gasteiger partial charge in [0.25, 0.3) is 10.6 Å². The highest BCUT2D eigenvalue weighted by Gasteiger charge is 2.33. The number of hydrogen-bond acceptors (Lipinski definition) is 7. The molecule has 1 aromatic carbocycles. The highest BCUT2D eigenvalue weighted by molar-refractivity contribution is 5.96. The quantitative estimate of drug-likeness (QED) is 0.458. The first-order valence-electron chi connectivity index (χ1n) is 10.5. The maximum absolute atomic E-state index is 12.8. The molecule has 1 fully saturated rings. The van der Waals surface area contributed by atoms with E-state index in [9.17, 15) is 4.79 Å². The predicted octanol–water partition coefficient (Wildman–Crippen LogP) is 3.38. The zero-order valence-corrected chi connectivity index (χ0v) is 18.5. The summed E-state index contributed by atoms with van der Waals surface area (Å²) < 4.78 is 11.0. The molecule has 0 bridgehead atoms. The first kappa shape index (κ1) is 22.4. The zero-order chi connectivity index (χ0) is 23.7. The number of nitrogens with zero attached hydrogens (tertiary/aromatic N) is 3. The van der Waals surface area contributed by atoms with Crippen molar-refractivity contribution < 1.29 is 19.8 Å². The van der Waals surface area contributed by atoms with E-state index in [1.807, 2.05) is 26.1 Å². The fourth-order valence-corrected chi connectivity index (χ4v) is 4.70. The standard InChI is InChI=1S/C23H23N3O3.HNO3/c1-12-9-25-23(28-3)13(2)19(12)14-4-5-16-18(8-14)26-22(27)17-10-24-21(20(16)17)15-6-7-29-11-15;2-1(3)4/h4-5,8-10,15,21H,6-7,11H2,1-3H3,(H,26,27);(H,2,3,4). The van der Waals surface area contributed by atoms with E-state index in [0.29, 0.717) is 24.0 Å². The average Bonchev–Trinajstić information content (AvgIpc) is 3.44. The smallest absolute Gasteiger partial charge is 0.291 e. The number of hydrogen-bond donors (Lipinski definition) is 2. The van der Waals surface area contributed by atoms with Crippen molar-refractivity contribution in [2.45, 2.75) is 26.3 Å². The second kappa shape index (κ2) is 8.99. The van der Waals surface area contributed by atoms with Gasteiger partial charge in [-0.1, -0.05) is 12.1 Å². The normalized spacial score (nSPS) is 18.6. The van der Waals surface area contributed by atoms with E-state index >= 15 is 0 Å². The van der Waals surface area contributed by atoms with Crippen LogP contribution in [-0.4, -0.2) is 46.8 Å². The summed E-state index contributed by atoms with van der Waals surface area (Å²) in [7, 11) is 1.63. The maximum Gasteiger partial charge on any atom is 0.291 e. The van der Waals surface area contributed by atoms with Crippen molar-refractivity contribution in [2.24, 2.45) is 10.9 Å². The van der Waals surface area contributed by atoms with Crippen LogP contribution < -0.4 is 10.3 Å². The van der Waals surface area contributed by atoms with Crippen molar-refractivity contribution in [3.05, 3.63) is 67.1 Å². The Morgan fingerprint density at radius 1 is 1.33 bits per heavy atom. The van der Waals surface area contributed by atoms with Gasteiger partial charge in [-0.2, -0.15) is 0 Å². The van der Waals surface area contributed by atoms with Crippen molar-refractivity contribution in [3.63, 3.8) is 0 Å². The Bertz CT molecular complexity index is 1310. The number of aromatic amines is 1. The minimum atomic E-state index is -1.50. The number of pyridine rings is 2. The molecule has 33 heavy (non-hydrogen) atoms. The maximum atomic E-state index is 12.8. The Balaban J connectivity index is 0.000000601. The Labute approximate surface area is 189 Å².